The predicted octanol–water partition coefficient (Wildman–Crippen LogP) is 5.05. The minimum absolute atomic E-state index is 0.514. The predicted molar refractivity (Wildman–Crippen MR) is 113 cm³/mol. The summed E-state index contributed by atoms with van der Waals surface area (Å²) in [5, 5.41) is 12.3. The highest BCUT2D eigenvalue weighted by atomic mass is 16.5. The highest BCUT2D eigenvalue weighted by Gasteiger charge is 2.29. The number of anilines is 1. The molecule has 0 saturated heterocycles. The first kappa shape index (κ1) is 18.4. The second-order valence-corrected chi connectivity index (χ2v) is 8.51. The van der Waals surface area contributed by atoms with Crippen molar-refractivity contribution in [1.82, 2.24) is 19.9 Å². The third-order valence-corrected chi connectivity index (χ3v) is 5.89. The lowest BCUT2D eigenvalue weighted by Crippen LogP contribution is -2.02. The SMILES string of the molecule is Cn1nc(CCCCCNc2cccc(-c3nc(C4CC4)no3)c2)cc1C1CC1. The number of aromatic nitrogens is 4. The second kappa shape index (κ2) is 8.01. The van der Waals surface area contributed by atoms with Gasteiger partial charge in [-0.15, -0.1) is 0 Å². The minimum atomic E-state index is 0.514. The van der Waals surface area contributed by atoms with Crippen molar-refractivity contribution in [3.8, 4) is 11.5 Å². The first-order valence-corrected chi connectivity index (χ1v) is 11.0. The van der Waals surface area contributed by atoms with Gasteiger partial charge >= 0.3 is 0 Å². The van der Waals surface area contributed by atoms with Crippen molar-refractivity contribution in [3.63, 3.8) is 0 Å². The van der Waals surface area contributed by atoms with Gasteiger partial charge in [-0.1, -0.05) is 17.6 Å². The molecule has 3 aromatic rings. The molecule has 2 aliphatic carbocycles. The molecule has 2 saturated carbocycles. The van der Waals surface area contributed by atoms with Crippen LogP contribution in [0.3, 0.4) is 0 Å². The Hall–Kier alpha value is -2.63. The van der Waals surface area contributed by atoms with E-state index in [1.807, 2.05) is 12.1 Å². The average molecular weight is 392 g/mol. The lowest BCUT2D eigenvalue weighted by Gasteiger charge is -2.07. The molecule has 6 nitrogen and oxygen atoms in total. The summed E-state index contributed by atoms with van der Waals surface area (Å²) >= 11 is 0. The van der Waals surface area contributed by atoms with Gasteiger partial charge in [-0.3, -0.25) is 4.68 Å². The summed E-state index contributed by atoms with van der Waals surface area (Å²) < 4.78 is 7.52. The van der Waals surface area contributed by atoms with Crippen molar-refractivity contribution in [2.24, 2.45) is 7.05 Å². The van der Waals surface area contributed by atoms with E-state index in [1.54, 1.807) is 0 Å². The van der Waals surface area contributed by atoms with Crippen LogP contribution in [0, 0.1) is 0 Å². The summed E-state index contributed by atoms with van der Waals surface area (Å²) in [5.74, 6) is 2.76. The van der Waals surface area contributed by atoms with E-state index in [-0.39, 0.29) is 0 Å². The van der Waals surface area contributed by atoms with Gasteiger partial charge in [0.15, 0.2) is 5.82 Å². The zero-order valence-corrected chi connectivity index (χ0v) is 17.1. The fourth-order valence-electron chi connectivity index (χ4n) is 3.89. The van der Waals surface area contributed by atoms with Gasteiger partial charge in [-0.2, -0.15) is 10.1 Å². The molecule has 6 heteroatoms. The van der Waals surface area contributed by atoms with Crippen LogP contribution in [0.4, 0.5) is 5.69 Å². The van der Waals surface area contributed by atoms with Crippen molar-refractivity contribution in [3.05, 3.63) is 47.5 Å². The Labute approximate surface area is 171 Å². The van der Waals surface area contributed by atoms with Crippen molar-refractivity contribution in [2.45, 2.75) is 63.2 Å². The largest absolute Gasteiger partial charge is 0.385 e. The molecule has 0 spiro atoms. The van der Waals surface area contributed by atoms with Crippen molar-refractivity contribution >= 4 is 5.69 Å². The summed E-state index contributed by atoms with van der Waals surface area (Å²) in [6, 6.07) is 10.6. The van der Waals surface area contributed by atoms with Crippen LogP contribution in [0.25, 0.3) is 11.5 Å². The number of nitrogens with zero attached hydrogens (tertiary/aromatic N) is 4. The van der Waals surface area contributed by atoms with Gasteiger partial charge in [0.1, 0.15) is 0 Å². The Bertz CT molecular complexity index is 967. The number of rotatable bonds is 10. The number of benzene rings is 1. The van der Waals surface area contributed by atoms with Crippen LogP contribution in [0.15, 0.2) is 34.9 Å². The van der Waals surface area contributed by atoms with E-state index in [0.29, 0.717) is 11.8 Å². The van der Waals surface area contributed by atoms with E-state index in [9.17, 15) is 0 Å². The molecule has 152 valence electrons. The minimum Gasteiger partial charge on any atom is -0.385 e. The van der Waals surface area contributed by atoms with Crippen LogP contribution in [-0.2, 0) is 13.5 Å². The van der Waals surface area contributed by atoms with E-state index in [4.69, 9.17) is 4.52 Å². The van der Waals surface area contributed by atoms with Gasteiger partial charge in [0.2, 0.25) is 0 Å². The molecule has 2 fully saturated rings. The Morgan fingerprint density at radius 1 is 1.07 bits per heavy atom. The van der Waals surface area contributed by atoms with Crippen LogP contribution < -0.4 is 5.32 Å². The lowest BCUT2D eigenvalue weighted by molar-refractivity contribution is 0.422. The maximum atomic E-state index is 5.44. The Morgan fingerprint density at radius 3 is 2.76 bits per heavy atom. The lowest BCUT2D eigenvalue weighted by atomic mass is 10.1. The highest BCUT2D eigenvalue weighted by Crippen LogP contribution is 2.40. The fourth-order valence-corrected chi connectivity index (χ4v) is 3.89. The van der Waals surface area contributed by atoms with Gasteiger partial charge < -0.3 is 9.84 Å². The molecule has 2 aromatic heterocycles. The van der Waals surface area contributed by atoms with Crippen molar-refractivity contribution < 1.29 is 4.52 Å². The molecular weight excluding hydrogens is 362 g/mol. The normalized spacial score (nSPS) is 16.3. The summed E-state index contributed by atoms with van der Waals surface area (Å²) in [7, 11) is 2.08. The molecule has 0 amide bonds. The van der Waals surface area contributed by atoms with Gasteiger partial charge in [0.25, 0.3) is 5.89 Å². The summed E-state index contributed by atoms with van der Waals surface area (Å²) in [4.78, 5) is 4.54. The number of unbranched alkanes of at least 4 members (excludes halogenated alkanes) is 2. The van der Waals surface area contributed by atoms with Gasteiger partial charge in [0.05, 0.1) is 5.69 Å². The first-order chi connectivity index (χ1) is 14.3. The third-order valence-electron chi connectivity index (χ3n) is 5.89. The summed E-state index contributed by atoms with van der Waals surface area (Å²) in [5.41, 5.74) is 4.76. The molecule has 2 aliphatic rings. The van der Waals surface area contributed by atoms with Crippen LogP contribution >= 0.6 is 0 Å². The van der Waals surface area contributed by atoms with Crippen molar-refractivity contribution in [1.29, 1.82) is 0 Å². The maximum Gasteiger partial charge on any atom is 0.258 e. The van der Waals surface area contributed by atoms with E-state index >= 15 is 0 Å². The fraction of sp³-hybridized carbons (Fsp3) is 0.522. The highest BCUT2D eigenvalue weighted by molar-refractivity contribution is 5.61. The van der Waals surface area contributed by atoms with E-state index in [0.717, 1.165) is 42.4 Å². The molecule has 2 heterocycles. The number of aryl methyl sites for hydroxylation is 2. The van der Waals surface area contributed by atoms with E-state index < -0.39 is 0 Å². The number of hydrogen-bond acceptors (Lipinski definition) is 5. The van der Waals surface area contributed by atoms with E-state index in [2.05, 4.69) is 50.5 Å². The molecular formula is C23H29N5O. The zero-order valence-electron chi connectivity index (χ0n) is 17.1. The molecule has 0 radical (unpaired) electrons. The van der Waals surface area contributed by atoms with Gasteiger partial charge in [-0.25, -0.2) is 0 Å². The van der Waals surface area contributed by atoms with Crippen LogP contribution in [0.2, 0.25) is 0 Å². The number of hydrogen-bond donors (Lipinski definition) is 1. The van der Waals surface area contributed by atoms with Crippen molar-refractivity contribution in [2.75, 3.05) is 11.9 Å². The van der Waals surface area contributed by atoms with Crippen LogP contribution in [-0.4, -0.2) is 26.5 Å². The molecule has 0 unspecified atom stereocenters. The Kier molecular flexibility index (Phi) is 5.08. The second-order valence-electron chi connectivity index (χ2n) is 8.51. The molecule has 5 rings (SSSR count). The maximum absolute atomic E-state index is 5.44. The molecule has 0 atom stereocenters. The Balaban J connectivity index is 1.05. The first-order valence-electron chi connectivity index (χ1n) is 11.0. The van der Waals surface area contributed by atoms with Crippen LogP contribution in [0.5, 0.6) is 0 Å². The zero-order chi connectivity index (χ0) is 19.6. The molecule has 1 aromatic carbocycles. The summed E-state index contributed by atoms with van der Waals surface area (Å²) in [6.45, 7) is 0.968. The van der Waals surface area contributed by atoms with Gasteiger partial charge in [-0.05, 0) is 69.2 Å². The summed E-state index contributed by atoms with van der Waals surface area (Å²) in [6.07, 6.45) is 9.66. The Morgan fingerprint density at radius 2 is 1.93 bits per heavy atom. The quantitative estimate of drug-likeness (QED) is 0.490. The van der Waals surface area contributed by atoms with Gasteiger partial charge in [0, 0.05) is 42.4 Å². The van der Waals surface area contributed by atoms with Crippen LogP contribution in [0.1, 0.15) is 74.0 Å². The molecule has 1 N–H and O–H groups in total. The topological polar surface area (TPSA) is 68.8 Å². The van der Waals surface area contributed by atoms with E-state index in [1.165, 1.54) is 49.9 Å². The molecule has 0 aliphatic heterocycles. The monoisotopic (exact) mass is 391 g/mol. The molecule has 29 heavy (non-hydrogen) atoms. The molecule has 0 bridgehead atoms. The smallest absolute Gasteiger partial charge is 0.258 e. The standard InChI is InChI=1S/C23H29N5O/c1-28-21(16-9-10-16)15-20(26-28)7-3-2-4-13-24-19-8-5-6-18(14-19)23-25-22(27-29-23)17-11-12-17/h5-6,8,14-17,24H,2-4,7,9-13H2,1H3. The number of nitrogens with one attached hydrogen (secondary N) is 1. The average Bonchev–Trinajstić information content (AvgIpc) is 3.67. The third kappa shape index (κ3) is 4.52.